The summed E-state index contributed by atoms with van der Waals surface area (Å²) in [6.07, 6.45) is 0. The summed E-state index contributed by atoms with van der Waals surface area (Å²) in [6.45, 7) is 2.00. The molecule has 3 nitrogen and oxygen atoms in total. The van der Waals surface area contributed by atoms with Crippen LogP contribution in [0.3, 0.4) is 0 Å². The van der Waals surface area contributed by atoms with Crippen molar-refractivity contribution < 1.29 is 8.91 Å². The maximum Gasteiger partial charge on any atom is 0.230 e. The maximum absolute atomic E-state index is 13.1. The van der Waals surface area contributed by atoms with Gasteiger partial charge >= 0.3 is 0 Å². The molecule has 0 bridgehead atoms. The van der Waals surface area contributed by atoms with Gasteiger partial charge in [0.25, 0.3) is 0 Å². The number of nitrogens with zero attached hydrogens (tertiary/aromatic N) is 1. The number of halogens is 2. The van der Waals surface area contributed by atoms with E-state index in [0.717, 1.165) is 21.2 Å². The molecule has 0 saturated carbocycles. The van der Waals surface area contributed by atoms with Gasteiger partial charge in [0.1, 0.15) is 11.5 Å². The number of benzene rings is 2. The molecule has 0 radical (unpaired) electrons. The normalized spacial score (nSPS) is 10.8. The van der Waals surface area contributed by atoms with Gasteiger partial charge in [0.2, 0.25) is 5.88 Å². The first-order valence-electron chi connectivity index (χ1n) is 6.33. The third kappa shape index (κ3) is 2.69. The van der Waals surface area contributed by atoms with Gasteiger partial charge < -0.3 is 10.3 Å². The number of aryl methyl sites for hydroxylation is 1. The van der Waals surface area contributed by atoms with E-state index in [-0.39, 0.29) is 11.7 Å². The Kier molecular flexibility index (Phi) is 3.51. The molecule has 0 aliphatic rings. The molecule has 0 unspecified atom stereocenters. The van der Waals surface area contributed by atoms with Gasteiger partial charge in [-0.2, -0.15) is 0 Å². The van der Waals surface area contributed by atoms with Gasteiger partial charge in [-0.25, -0.2) is 4.39 Å². The molecular formula is C16H12BrFN2O. The molecule has 0 amide bonds. The lowest BCUT2D eigenvalue weighted by Gasteiger charge is -2.05. The second-order valence-electron chi connectivity index (χ2n) is 4.79. The molecule has 3 aromatic rings. The van der Waals surface area contributed by atoms with Crippen LogP contribution in [0.1, 0.15) is 5.56 Å². The van der Waals surface area contributed by atoms with Crippen LogP contribution < -0.4 is 5.73 Å². The van der Waals surface area contributed by atoms with Crippen LogP contribution in [0.4, 0.5) is 10.3 Å². The van der Waals surface area contributed by atoms with Crippen LogP contribution in [-0.2, 0) is 0 Å². The van der Waals surface area contributed by atoms with Crippen LogP contribution in [-0.4, -0.2) is 5.16 Å². The van der Waals surface area contributed by atoms with E-state index >= 15 is 0 Å². The Morgan fingerprint density at radius 2 is 1.81 bits per heavy atom. The average Bonchev–Trinajstić information content (AvgIpc) is 2.80. The minimum atomic E-state index is -0.298. The van der Waals surface area contributed by atoms with Gasteiger partial charge in [0.15, 0.2) is 0 Å². The van der Waals surface area contributed by atoms with Gasteiger partial charge in [0, 0.05) is 10.0 Å². The second-order valence-corrected chi connectivity index (χ2v) is 5.71. The van der Waals surface area contributed by atoms with Gasteiger partial charge in [-0.1, -0.05) is 33.2 Å². The van der Waals surface area contributed by atoms with Crippen LogP contribution >= 0.6 is 15.9 Å². The van der Waals surface area contributed by atoms with Crippen LogP contribution in [0.15, 0.2) is 51.5 Å². The van der Waals surface area contributed by atoms with Crippen molar-refractivity contribution in [3.8, 4) is 22.4 Å². The van der Waals surface area contributed by atoms with Crippen molar-refractivity contribution >= 4 is 21.8 Å². The molecule has 2 aromatic carbocycles. The van der Waals surface area contributed by atoms with Gasteiger partial charge in [-0.15, -0.1) is 0 Å². The van der Waals surface area contributed by atoms with Crippen molar-refractivity contribution in [2.75, 3.05) is 5.73 Å². The molecule has 21 heavy (non-hydrogen) atoms. The van der Waals surface area contributed by atoms with E-state index in [2.05, 4.69) is 21.1 Å². The summed E-state index contributed by atoms with van der Waals surface area (Å²) >= 11 is 3.47. The quantitative estimate of drug-likeness (QED) is 0.724. The highest BCUT2D eigenvalue weighted by Gasteiger charge is 2.18. The molecular weight excluding hydrogens is 335 g/mol. The highest BCUT2D eigenvalue weighted by molar-refractivity contribution is 9.10. The number of hydrogen-bond acceptors (Lipinski definition) is 3. The number of aromatic nitrogens is 1. The summed E-state index contributed by atoms with van der Waals surface area (Å²) in [6, 6.07) is 12.0. The summed E-state index contributed by atoms with van der Waals surface area (Å²) in [7, 11) is 0. The van der Waals surface area contributed by atoms with E-state index in [1.54, 1.807) is 12.1 Å². The second kappa shape index (κ2) is 5.33. The first-order valence-corrected chi connectivity index (χ1v) is 7.12. The van der Waals surface area contributed by atoms with Crippen LogP contribution in [0, 0.1) is 12.7 Å². The standard InChI is InChI=1S/C16H12BrFN2O/c1-9-6-11(8-12(17)7-9)15-14(16(19)21-20-15)10-2-4-13(18)5-3-10/h2-8H,19H2,1H3. The lowest BCUT2D eigenvalue weighted by molar-refractivity contribution is 0.439. The third-order valence-electron chi connectivity index (χ3n) is 3.17. The zero-order chi connectivity index (χ0) is 15.0. The fraction of sp³-hybridized carbons (Fsp3) is 0.0625. The van der Waals surface area contributed by atoms with E-state index in [1.807, 2.05) is 25.1 Å². The molecule has 106 valence electrons. The van der Waals surface area contributed by atoms with Crippen LogP contribution in [0.25, 0.3) is 22.4 Å². The van der Waals surface area contributed by atoms with Crippen molar-refractivity contribution in [1.29, 1.82) is 0 Å². The molecule has 1 heterocycles. The van der Waals surface area contributed by atoms with E-state index in [4.69, 9.17) is 10.3 Å². The Labute approximate surface area is 129 Å². The average molecular weight is 347 g/mol. The predicted octanol–water partition coefficient (Wildman–Crippen LogP) is 4.80. The van der Waals surface area contributed by atoms with Crippen LogP contribution in [0.5, 0.6) is 0 Å². The lowest BCUT2D eigenvalue weighted by atomic mass is 10.00. The largest absolute Gasteiger partial charge is 0.367 e. The lowest BCUT2D eigenvalue weighted by Crippen LogP contribution is -1.89. The van der Waals surface area contributed by atoms with Crippen LogP contribution in [0.2, 0.25) is 0 Å². The Hall–Kier alpha value is -2.14. The van der Waals surface area contributed by atoms with Gasteiger partial charge in [-0.3, -0.25) is 0 Å². The molecule has 3 rings (SSSR count). The van der Waals surface area contributed by atoms with Crippen molar-refractivity contribution in [2.24, 2.45) is 0 Å². The number of nitrogens with two attached hydrogens (primary N) is 1. The number of nitrogen functional groups attached to an aromatic ring is 1. The summed E-state index contributed by atoms with van der Waals surface area (Å²) in [5, 5.41) is 4.05. The number of hydrogen-bond donors (Lipinski definition) is 1. The van der Waals surface area contributed by atoms with E-state index < -0.39 is 0 Å². The third-order valence-corrected chi connectivity index (χ3v) is 3.62. The molecule has 0 atom stereocenters. The summed E-state index contributed by atoms with van der Waals surface area (Å²) in [4.78, 5) is 0. The molecule has 5 heteroatoms. The molecule has 0 spiro atoms. The molecule has 0 aliphatic carbocycles. The topological polar surface area (TPSA) is 52.0 Å². The highest BCUT2D eigenvalue weighted by atomic mass is 79.9. The Morgan fingerprint density at radius 3 is 2.48 bits per heavy atom. The van der Waals surface area contributed by atoms with E-state index in [9.17, 15) is 4.39 Å². The maximum atomic E-state index is 13.1. The van der Waals surface area contributed by atoms with E-state index in [1.165, 1.54) is 12.1 Å². The molecule has 0 fully saturated rings. The summed E-state index contributed by atoms with van der Waals surface area (Å²) in [5.74, 6) is -0.0807. The predicted molar refractivity (Wildman–Crippen MR) is 84.2 cm³/mol. The molecule has 0 saturated heterocycles. The molecule has 0 aliphatic heterocycles. The first-order chi connectivity index (χ1) is 10.0. The van der Waals surface area contributed by atoms with Crippen molar-refractivity contribution in [3.63, 3.8) is 0 Å². The Morgan fingerprint density at radius 1 is 1.10 bits per heavy atom. The Bertz CT molecular complexity index is 776. The zero-order valence-electron chi connectivity index (χ0n) is 11.2. The molecule has 2 N–H and O–H groups in total. The first kappa shape index (κ1) is 13.8. The van der Waals surface area contributed by atoms with Crippen molar-refractivity contribution in [2.45, 2.75) is 6.92 Å². The fourth-order valence-corrected chi connectivity index (χ4v) is 2.88. The minimum absolute atomic E-state index is 0.217. The monoisotopic (exact) mass is 346 g/mol. The zero-order valence-corrected chi connectivity index (χ0v) is 12.8. The SMILES string of the molecule is Cc1cc(Br)cc(-c2noc(N)c2-c2ccc(F)cc2)c1. The summed E-state index contributed by atoms with van der Waals surface area (Å²) < 4.78 is 19.2. The van der Waals surface area contributed by atoms with Gasteiger partial charge in [0.05, 0.1) is 5.56 Å². The van der Waals surface area contributed by atoms with Crippen molar-refractivity contribution in [3.05, 3.63) is 58.3 Å². The molecule has 1 aromatic heterocycles. The minimum Gasteiger partial charge on any atom is -0.367 e. The Balaban J connectivity index is 2.19. The van der Waals surface area contributed by atoms with E-state index in [0.29, 0.717) is 11.3 Å². The number of rotatable bonds is 2. The fourth-order valence-electron chi connectivity index (χ4n) is 2.27. The van der Waals surface area contributed by atoms with Crippen molar-refractivity contribution in [1.82, 2.24) is 5.16 Å². The van der Waals surface area contributed by atoms with Gasteiger partial charge in [-0.05, 0) is 48.4 Å². The highest BCUT2D eigenvalue weighted by Crippen LogP contribution is 2.37. The summed E-state index contributed by atoms with van der Waals surface area (Å²) in [5.41, 5.74) is 9.95. The number of anilines is 1. The smallest absolute Gasteiger partial charge is 0.230 e.